The van der Waals surface area contributed by atoms with E-state index >= 15 is 0 Å². The number of aromatic nitrogens is 1. The van der Waals surface area contributed by atoms with Crippen molar-refractivity contribution >= 4 is 37.5 Å². The number of halogens is 1. The maximum Gasteiger partial charge on any atom is 0.0957 e. The van der Waals surface area contributed by atoms with Crippen molar-refractivity contribution in [2.24, 2.45) is 0 Å². The summed E-state index contributed by atoms with van der Waals surface area (Å²) >= 11 is 5.49. The zero-order valence-corrected chi connectivity index (χ0v) is 14.5. The van der Waals surface area contributed by atoms with E-state index in [4.69, 9.17) is 4.98 Å². The van der Waals surface area contributed by atoms with Gasteiger partial charge in [0.2, 0.25) is 0 Å². The summed E-state index contributed by atoms with van der Waals surface area (Å²) in [4.78, 5) is 4.74. The van der Waals surface area contributed by atoms with Crippen molar-refractivity contribution in [3.63, 3.8) is 0 Å². The van der Waals surface area contributed by atoms with Crippen molar-refractivity contribution in [2.45, 2.75) is 19.4 Å². The fraction of sp³-hybridized carbons (Fsp3) is 0.235. The van der Waals surface area contributed by atoms with E-state index in [-0.39, 0.29) is 6.04 Å². The van der Waals surface area contributed by atoms with E-state index in [9.17, 15) is 0 Å². The van der Waals surface area contributed by atoms with Crippen LogP contribution in [-0.2, 0) is 6.42 Å². The summed E-state index contributed by atoms with van der Waals surface area (Å²) in [6, 6.07) is 15.0. The summed E-state index contributed by atoms with van der Waals surface area (Å²) < 4.78 is 2.44. The Bertz CT molecular complexity index is 733. The third kappa shape index (κ3) is 3.03. The highest BCUT2D eigenvalue weighted by atomic mass is 79.9. The number of benzene rings is 2. The number of rotatable bonds is 4. The summed E-state index contributed by atoms with van der Waals surface area (Å²) in [7, 11) is 2.01. The maximum absolute atomic E-state index is 4.74. The second-order valence-corrected chi connectivity index (χ2v) is 7.01. The Morgan fingerprint density at radius 2 is 2.00 bits per heavy atom. The van der Waals surface area contributed by atoms with Gasteiger partial charge in [-0.3, -0.25) is 0 Å². The van der Waals surface area contributed by atoms with Crippen LogP contribution in [0.3, 0.4) is 0 Å². The Labute approximate surface area is 137 Å². The van der Waals surface area contributed by atoms with E-state index < -0.39 is 0 Å². The second kappa shape index (κ2) is 6.26. The molecule has 1 unspecified atom stereocenters. The fourth-order valence-electron chi connectivity index (χ4n) is 2.49. The molecular formula is C17H17BrN2S. The highest BCUT2D eigenvalue weighted by Gasteiger charge is 2.16. The van der Waals surface area contributed by atoms with Gasteiger partial charge in [0.1, 0.15) is 0 Å². The molecule has 1 N–H and O–H groups in total. The predicted octanol–water partition coefficient (Wildman–Crippen LogP) is 4.87. The highest BCUT2D eigenvalue weighted by Crippen LogP contribution is 2.30. The lowest BCUT2D eigenvalue weighted by molar-refractivity contribution is 0.588. The number of para-hydroxylation sites is 1. The van der Waals surface area contributed by atoms with Crippen LogP contribution in [0, 0.1) is 6.92 Å². The van der Waals surface area contributed by atoms with Crippen LogP contribution in [-0.4, -0.2) is 12.0 Å². The van der Waals surface area contributed by atoms with E-state index in [0.29, 0.717) is 0 Å². The number of hydrogen-bond acceptors (Lipinski definition) is 3. The topological polar surface area (TPSA) is 24.9 Å². The van der Waals surface area contributed by atoms with Gasteiger partial charge in [-0.25, -0.2) is 4.98 Å². The monoisotopic (exact) mass is 360 g/mol. The van der Waals surface area contributed by atoms with Crippen LogP contribution < -0.4 is 5.32 Å². The van der Waals surface area contributed by atoms with Gasteiger partial charge in [0.25, 0.3) is 0 Å². The van der Waals surface area contributed by atoms with E-state index in [1.165, 1.54) is 25.3 Å². The minimum atomic E-state index is 0.264. The maximum atomic E-state index is 4.74. The smallest absolute Gasteiger partial charge is 0.0957 e. The summed E-state index contributed by atoms with van der Waals surface area (Å²) in [6.07, 6.45) is 0.901. The molecule has 0 saturated heterocycles. The summed E-state index contributed by atoms with van der Waals surface area (Å²) in [5.41, 5.74) is 3.64. The zero-order valence-electron chi connectivity index (χ0n) is 12.1. The molecule has 2 aromatic carbocycles. The highest BCUT2D eigenvalue weighted by molar-refractivity contribution is 9.10. The van der Waals surface area contributed by atoms with Crippen LogP contribution in [0.25, 0.3) is 10.2 Å². The van der Waals surface area contributed by atoms with Crippen molar-refractivity contribution in [3.8, 4) is 0 Å². The van der Waals surface area contributed by atoms with E-state index in [2.05, 4.69) is 64.6 Å². The van der Waals surface area contributed by atoms with Gasteiger partial charge >= 0.3 is 0 Å². The third-order valence-electron chi connectivity index (χ3n) is 3.66. The number of aryl methyl sites for hydroxylation is 1. The van der Waals surface area contributed by atoms with Crippen LogP contribution in [0.1, 0.15) is 22.2 Å². The molecule has 0 aliphatic carbocycles. The normalized spacial score (nSPS) is 12.7. The first-order valence-electron chi connectivity index (χ1n) is 6.95. The number of likely N-dealkylation sites (N-methyl/N-ethyl adjacent to an activating group) is 1. The van der Waals surface area contributed by atoms with Crippen LogP contribution in [0.4, 0.5) is 0 Å². The SMILES string of the molecule is CNC(Cc1nc2ccccc2s1)c1cccc(C)c1Br. The van der Waals surface area contributed by atoms with Crippen LogP contribution >= 0.6 is 27.3 Å². The average molecular weight is 361 g/mol. The first-order chi connectivity index (χ1) is 10.2. The Morgan fingerprint density at radius 1 is 1.19 bits per heavy atom. The molecule has 0 fully saturated rings. The summed E-state index contributed by atoms with van der Waals surface area (Å²) in [5.74, 6) is 0. The first-order valence-corrected chi connectivity index (χ1v) is 8.56. The van der Waals surface area contributed by atoms with E-state index in [1.54, 1.807) is 11.3 Å². The standard InChI is InChI=1S/C17H17BrN2S/c1-11-6-5-7-12(17(11)18)14(19-2)10-16-20-13-8-3-4-9-15(13)21-16/h3-9,14,19H,10H2,1-2H3. The largest absolute Gasteiger partial charge is 0.313 e. The van der Waals surface area contributed by atoms with Crippen molar-refractivity contribution in [2.75, 3.05) is 7.05 Å². The van der Waals surface area contributed by atoms with Gasteiger partial charge in [-0.1, -0.05) is 46.3 Å². The molecule has 1 atom stereocenters. The van der Waals surface area contributed by atoms with Crippen LogP contribution in [0.15, 0.2) is 46.9 Å². The molecule has 0 saturated carbocycles. The molecule has 3 aromatic rings. The Kier molecular flexibility index (Phi) is 4.38. The molecule has 0 aliphatic heterocycles. The minimum Gasteiger partial charge on any atom is -0.313 e. The number of hydrogen-bond donors (Lipinski definition) is 1. The summed E-state index contributed by atoms with van der Waals surface area (Å²) in [6.45, 7) is 2.12. The molecule has 1 heterocycles. The van der Waals surface area contributed by atoms with Gasteiger partial charge in [0.05, 0.1) is 15.2 Å². The number of thiazole rings is 1. The van der Waals surface area contributed by atoms with Crippen LogP contribution in [0.5, 0.6) is 0 Å². The first kappa shape index (κ1) is 14.7. The number of nitrogens with zero attached hydrogens (tertiary/aromatic N) is 1. The molecule has 0 amide bonds. The van der Waals surface area contributed by atoms with Gasteiger partial charge in [-0.2, -0.15) is 0 Å². The lowest BCUT2D eigenvalue weighted by atomic mass is 10.0. The summed E-state index contributed by atoms with van der Waals surface area (Å²) in [5, 5.41) is 4.59. The predicted molar refractivity (Wildman–Crippen MR) is 94.0 cm³/mol. The van der Waals surface area contributed by atoms with Crippen molar-refractivity contribution in [1.82, 2.24) is 10.3 Å². The third-order valence-corrected chi connectivity index (χ3v) is 5.80. The number of nitrogens with one attached hydrogen (secondary N) is 1. The van der Waals surface area contributed by atoms with Gasteiger partial charge < -0.3 is 5.32 Å². The van der Waals surface area contributed by atoms with Crippen molar-refractivity contribution in [3.05, 3.63) is 63.1 Å². The lowest BCUT2D eigenvalue weighted by Gasteiger charge is -2.18. The van der Waals surface area contributed by atoms with Crippen molar-refractivity contribution in [1.29, 1.82) is 0 Å². The molecule has 0 spiro atoms. The zero-order chi connectivity index (χ0) is 14.8. The Hall–Kier alpha value is -1.23. The lowest BCUT2D eigenvalue weighted by Crippen LogP contribution is -2.19. The molecule has 2 nitrogen and oxygen atoms in total. The molecule has 21 heavy (non-hydrogen) atoms. The molecule has 0 bridgehead atoms. The minimum absolute atomic E-state index is 0.264. The molecular weight excluding hydrogens is 344 g/mol. The Morgan fingerprint density at radius 3 is 2.76 bits per heavy atom. The van der Waals surface area contributed by atoms with Gasteiger partial charge in [0.15, 0.2) is 0 Å². The van der Waals surface area contributed by atoms with E-state index in [0.717, 1.165) is 11.9 Å². The molecule has 1 aromatic heterocycles. The Balaban J connectivity index is 1.92. The fourth-order valence-corrected chi connectivity index (χ4v) is 4.04. The van der Waals surface area contributed by atoms with Gasteiger partial charge in [-0.15, -0.1) is 11.3 Å². The number of fused-ring (bicyclic) bond motifs is 1. The quantitative estimate of drug-likeness (QED) is 0.717. The van der Waals surface area contributed by atoms with Gasteiger partial charge in [-0.05, 0) is 37.2 Å². The average Bonchev–Trinajstić information content (AvgIpc) is 2.90. The second-order valence-electron chi connectivity index (χ2n) is 5.10. The van der Waals surface area contributed by atoms with Gasteiger partial charge in [0, 0.05) is 16.9 Å². The van der Waals surface area contributed by atoms with Crippen molar-refractivity contribution < 1.29 is 0 Å². The molecule has 0 aliphatic rings. The molecule has 0 radical (unpaired) electrons. The molecule has 108 valence electrons. The molecule has 4 heteroatoms. The van der Waals surface area contributed by atoms with E-state index in [1.807, 2.05) is 13.1 Å². The van der Waals surface area contributed by atoms with Crippen LogP contribution in [0.2, 0.25) is 0 Å². The molecule has 3 rings (SSSR count).